The lowest BCUT2D eigenvalue weighted by atomic mass is 10.1. The third-order valence-corrected chi connectivity index (χ3v) is 6.91. The minimum Gasteiger partial charge on any atom is -0.266 e. The van der Waals surface area contributed by atoms with Gasteiger partial charge >= 0.3 is 0 Å². The monoisotopic (exact) mass is 445 g/mol. The van der Waals surface area contributed by atoms with E-state index in [1.54, 1.807) is 10.9 Å². The van der Waals surface area contributed by atoms with Crippen molar-refractivity contribution in [1.82, 2.24) is 14.5 Å². The van der Waals surface area contributed by atoms with Gasteiger partial charge in [-0.1, -0.05) is 91.0 Å². The molecule has 1 atom stereocenters. The van der Waals surface area contributed by atoms with Crippen molar-refractivity contribution in [1.29, 1.82) is 0 Å². The van der Waals surface area contributed by atoms with Crippen molar-refractivity contribution in [2.45, 2.75) is 37.2 Å². The highest BCUT2D eigenvalue weighted by atomic mass is 32.2. The van der Waals surface area contributed by atoms with Gasteiger partial charge in [-0.25, -0.2) is 13.1 Å². The first-order chi connectivity index (χ1) is 15.5. The maximum absolute atomic E-state index is 13.3. The van der Waals surface area contributed by atoms with Crippen LogP contribution in [0.2, 0.25) is 0 Å². The van der Waals surface area contributed by atoms with Gasteiger partial charge in [-0.05, 0) is 30.9 Å². The van der Waals surface area contributed by atoms with Gasteiger partial charge in [0.1, 0.15) is 10.6 Å². The molecule has 164 valence electrons. The zero-order chi connectivity index (χ0) is 22.4. The highest BCUT2D eigenvalue weighted by Crippen LogP contribution is 2.26. The fourth-order valence-corrected chi connectivity index (χ4v) is 5.11. The fourth-order valence-electron chi connectivity index (χ4n) is 3.66. The van der Waals surface area contributed by atoms with E-state index < -0.39 is 10.0 Å². The van der Waals surface area contributed by atoms with Gasteiger partial charge in [-0.2, -0.15) is 5.10 Å². The molecule has 32 heavy (non-hydrogen) atoms. The Balaban J connectivity index is 1.58. The maximum atomic E-state index is 13.3. The standard InChI is InChI=1S/C26H27N3O2S/c1-21(17-18-22-11-5-2-6-12-22)28-32(30,31)25-20-29(19-23-13-7-3-8-14-23)27-26(25)24-15-9-4-10-16-24/h2-16,20-21,28H,17-19H2,1H3. The summed E-state index contributed by atoms with van der Waals surface area (Å²) in [6.07, 6.45) is 3.15. The predicted octanol–water partition coefficient (Wildman–Crippen LogP) is 4.90. The highest BCUT2D eigenvalue weighted by molar-refractivity contribution is 7.89. The van der Waals surface area contributed by atoms with Crippen LogP contribution < -0.4 is 4.72 Å². The molecule has 0 aliphatic carbocycles. The zero-order valence-corrected chi connectivity index (χ0v) is 18.9. The number of aryl methyl sites for hydroxylation is 1. The van der Waals surface area contributed by atoms with Crippen molar-refractivity contribution in [2.75, 3.05) is 0 Å². The van der Waals surface area contributed by atoms with Gasteiger partial charge in [-0.3, -0.25) is 4.68 Å². The second-order valence-electron chi connectivity index (χ2n) is 7.94. The number of nitrogens with zero attached hydrogens (tertiary/aromatic N) is 2. The van der Waals surface area contributed by atoms with Crippen LogP contribution in [0.3, 0.4) is 0 Å². The molecule has 1 N–H and O–H groups in total. The van der Waals surface area contributed by atoms with E-state index in [0.717, 1.165) is 17.5 Å². The topological polar surface area (TPSA) is 64.0 Å². The van der Waals surface area contributed by atoms with Crippen molar-refractivity contribution in [2.24, 2.45) is 0 Å². The lowest BCUT2D eigenvalue weighted by Crippen LogP contribution is -2.33. The Bertz CT molecular complexity index is 1240. The average Bonchev–Trinajstić information content (AvgIpc) is 3.24. The molecule has 4 rings (SSSR count). The number of rotatable bonds is 9. The average molecular weight is 446 g/mol. The molecule has 4 aromatic rings. The Hall–Kier alpha value is -3.22. The largest absolute Gasteiger partial charge is 0.266 e. The molecule has 0 fully saturated rings. The van der Waals surface area contributed by atoms with Crippen LogP contribution in [-0.2, 0) is 23.0 Å². The van der Waals surface area contributed by atoms with Gasteiger partial charge in [0, 0.05) is 17.8 Å². The van der Waals surface area contributed by atoms with Gasteiger partial charge in [0.25, 0.3) is 0 Å². The van der Waals surface area contributed by atoms with Crippen LogP contribution in [-0.4, -0.2) is 24.2 Å². The van der Waals surface area contributed by atoms with Gasteiger partial charge in [-0.15, -0.1) is 0 Å². The molecule has 6 heteroatoms. The normalized spacial score (nSPS) is 12.5. The van der Waals surface area contributed by atoms with Crippen molar-refractivity contribution in [3.63, 3.8) is 0 Å². The van der Waals surface area contributed by atoms with Gasteiger partial charge in [0.2, 0.25) is 10.0 Å². The van der Waals surface area contributed by atoms with E-state index in [2.05, 4.69) is 22.0 Å². The van der Waals surface area contributed by atoms with E-state index in [9.17, 15) is 8.42 Å². The maximum Gasteiger partial charge on any atom is 0.244 e. The SMILES string of the molecule is CC(CCc1ccccc1)NS(=O)(=O)c1cn(Cc2ccccc2)nc1-c1ccccc1. The second kappa shape index (κ2) is 9.94. The summed E-state index contributed by atoms with van der Waals surface area (Å²) in [6, 6.07) is 29.2. The molecule has 0 aliphatic heterocycles. The van der Waals surface area contributed by atoms with Crippen LogP contribution in [0.1, 0.15) is 24.5 Å². The summed E-state index contributed by atoms with van der Waals surface area (Å²) in [7, 11) is -3.75. The van der Waals surface area contributed by atoms with E-state index in [4.69, 9.17) is 0 Å². The van der Waals surface area contributed by atoms with Crippen LogP contribution in [0.4, 0.5) is 0 Å². The summed E-state index contributed by atoms with van der Waals surface area (Å²) >= 11 is 0. The Morgan fingerprint density at radius 2 is 1.41 bits per heavy atom. The lowest BCUT2D eigenvalue weighted by Gasteiger charge is -2.14. The third kappa shape index (κ3) is 5.52. The molecule has 0 bridgehead atoms. The van der Waals surface area contributed by atoms with Crippen molar-refractivity contribution in [3.05, 3.63) is 108 Å². The number of benzene rings is 3. The zero-order valence-electron chi connectivity index (χ0n) is 18.1. The van der Waals surface area contributed by atoms with Crippen LogP contribution in [0, 0.1) is 0 Å². The fraction of sp³-hybridized carbons (Fsp3) is 0.192. The van der Waals surface area contributed by atoms with Crippen LogP contribution in [0.25, 0.3) is 11.3 Å². The van der Waals surface area contributed by atoms with Crippen molar-refractivity contribution < 1.29 is 8.42 Å². The number of nitrogens with one attached hydrogen (secondary N) is 1. The Morgan fingerprint density at radius 1 is 0.844 bits per heavy atom. The molecular weight excluding hydrogens is 418 g/mol. The highest BCUT2D eigenvalue weighted by Gasteiger charge is 2.25. The first-order valence-electron chi connectivity index (χ1n) is 10.7. The van der Waals surface area contributed by atoms with Crippen molar-refractivity contribution in [3.8, 4) is 11.3 Å². The smallest absolute Gasteiger partial charge is 0.244 e. The Morgan fingerprint density at radius 3 is 2.03 bits per heavy atom. The van der Waals surface area contributed by atoms with Crippen molar-refractivity contribution >= 4 is 10.0 Å². The summed E-state index contributed by atoms with van der Waals surface area (Å²) in [5, 5.41) is 4.64. The van der Waals surface area contributed by atoms with Crippen LogP contribution in [0.15, 0.2) is 102 Å². The van der Waals surface area contributed by atoms with E-state index in [1.807, 2.05) is 85.8 Å². The molecule has 1 aromatic heterocycles. The summed E-state index contributed by atoms with van der Waals surface area (Å²) < 4.78 is 31.2. The summed E-state index contributed by atoms with van der Waals surface area (Å²) in [5.74, 6) is 0. The van der Waals surface area contributed by atoms with E-state index in [1.165, 1.54) is 5.56 Å². The van der Waals surface area contributed by atoms with Gasteiger partial charge in [0.05, 0.1) is 6.54 Å². The van der Waals surface area contributed by atoms with E-state index in [0.29, 0.717) is 18.7 Å². The molecular formula is C26H27N3O2S. The number of aromatic nitrogens is 2. The molecule has 0 saturated carbocycles. The van der Waals surface area contributed by atoms with Crippen LogP contribution >= 0.6 is 0 Å². The molecule has 1 unspecified atom stereocenters. The van der Waals surface area contributed by atoms with Crippen LogP contribution in [0.5, 0.6) is 0 Å². The predicted molar refractivity (Wildman–Crippen MR) is 128 cm³/mol. The molecule has 0 aliphatic rings. The van der Waals surface area contributed by atoms with Gasteiger partial charge < -0.3 is 0 Å². The quantitative estimate of drug-likeness (QED) is 0.399. The molecule has 1 heterocycles. The lowest BCUT2D eigenvalue weighted by molar-refractivity contribution is 0.547. The summed E-state index contributed by atoms with van der Waals surface area (Å²) in [4.78, 5) is 0.200. The summed E-state index contributed by atoms with van der Waals surface area (Å²) in [5.41, 5.74) is 3.49. The minimum absolute atomic E-state index is 0.200. The molecule has 0 spiro atoms. The molecule has 3 aromatic carbocycles. The van der Waals surface area contributed by atoms with Gasteiger partial charge in [0.15, 0.2) is 0 Å². The second-order valence-corrected chi connectivity index (χ2v) is 9.62. The third-order valence-electron chi connectivity index (χ3n) is 5.32. The van der Waals surface area contributed by atoms with E-state index in [-0.39, 0.29) is 10.9 Å². The Labute approximate surface area is 189 Å². The molecule has 0 amide bonds. The number of hydrogen-bond donors (Lipinski definition) is 1. The van der Waals surface area contributed by atoms with E-state index >= 15 is 0 Å². The number of hydrogen-bond acceptors (Lipinski definition) is 3. The molecule has 0 radical (unpaired) electrons. The Kier molecular flexibility index (Phi) is 6.83. The molecule has 0 saturated heterocycles. The first-order valence-corrected chi connectivity index (χ1v) is 12.2. The summed E-state index contributed by atoms with van der Waals surface area (Å²) in [6.45, 7) is 2.40. The first kappa shape index (κ1) is 22.0. The molecule has 5 nitrogen and oxygen atoms in total. The minimum atomic E-state index is -3.75. The number of sulfonamides is 1.